The lowest BCUT2D eigenvalue weighted by Crippen LogP contribution is -2.38. The quantitative estimate of drug-likeness (QED) is 0.388. The number of rotatable bonds is 7. The standard InChI is InChI=1S/C24H23Cl3N2O3S/c1-15-11-16(2)24(17(3)12-15)28-23(30)14-29(13-20-21(26)5-4-6-22(20)27)33(31,32)19-9-7-18(25)8-10-19/h4-12H,13-14H2,1-3H3,(H,28,30). The molecule has 0 saturated carbocycles. The molecule has 9 heteroatoms. The molecule has 174 valence electrons. The molecule has 1 N–H and O–H groups in total. The Hall–Kier alpha value is -2.09. The van der Waals surface area contributed by atoms with E-state index in [9.17, 15) is 13.2 Å². The summed E-state index contributed by atoms with van der Waals surface area (Å²) in [4.78, 5) is 13.0. The maximum Gasteiger partial charge on any atom is 0.243 e. The number of amides is 1. The minimum absolute atomic E-state index is 0.00516. The van der Waals surface area contributed by atoms with Gasteiger partial charge in [0, 0.05) is 32.9 Å². The van der Waals surface area contributed by atoms with E-state index >= 15 is 0 Å². The van der Waals surface area contributed by atoms with E-state index in [-0.39, 0.29) is 11.4 Å². The van der Waals surface area contributed by atoms with Crippen LogP contribution in [0.2, 0.25) is 15.1 Å². The molecule has 0 saturated heterocycles. The van der Waals surface area contributed by atoms with Crippen LogP contribution in [0.4, 0.5) is 5.69 Å². The van der Waals surface area contributed by atoms with Crippen LogP contribution in [0.1, 0.15) is 22.3 Å². The van der Waals surface area contributed by atoms with Crippen molar-refractivity contribution >= 4 is 56.4 Å². The second kappa shape index (κ2) is 10.5. The first-order valence-corrected chi connectivity index (χ1v) is 12.6. The number of hydrogen-bond donors (Lipinski definition) is 1. The molecule has 0 atom stereocenters. The monoisotopic (exact) mass is 524 g/mol. The molecule has 0 aliphatic carbocycles. The zero-order valence-corrected chi connectivity index (χ0v) is 21.4. The van der Waals surface area contributed by atoms with Crippen LogP contribution < -0.4 is 5.32 Å². The van der Waals surface area contributed by atoms with Gasteiger partial charge in [0.25, 0.3) is 0 Å². The Bertz CT molecular complexity index is 1250. The predicted molar refractivity (Wildman–Crippen MR) is 135 cm³/mol. The van der Waals surface area contributed by atoms with E-state index in [0.717, 1.165) is 21.0 Å². The fourth-order valence-electron chi connectivity index (χ4n) is 3.56. The summed E-state index contributed by atoms with van der Waals surface area (Å²) in [6.07, 6.45) is 0. The van der Waals surface area contributed by atoms with Crippen molar-refractivity contribution in [1.82, 2.24) is 4.31 Å². The molecule has 3 aromatic carbocycles. The van der Waals surface area contributed by atoms with Crippen LogP contribution in [0.5, 0.6) is 0 Å². The topological polar surface area (TPSA) is 66.5 Å². The number of carbonyl (C=O) groups is 1. The smallest absolute Gasteiger partial charge is 0.243 e. The average Bonchev–Trinajstić information content (AvgIpc) is 2.73. The molecule has 3 aromatic rings. The molecule has 0 aromatic heterocycles. The Kier molecular flexibility index (Phi) is 8.08. The van der Waals surface area contributed by atoms with E-state index in [1.54, 1.807) is 18.2 Å². The molecule has 1 amide bonds. The number of aryl methyl sites for hydroxylation is 3. The van der Waals surface area contributed by atoms with Crippen molar-refractivity contribution < 1.29 is 13.2 Å². The summed E-state index contributed by atoms with van der Waals surface area (Å²) in [5.41, 5.74) is 3.92. The van der Waals surface area contributed by atoms with Crippen LogP contribution in [-0.4, -0.2) is 25.2 Å². The fourth-order valence-corrected chi connectivity index (χ4v) is 5.56. The first-order valence-electron chi connectivity index (χ1n) is 10.1. The molecule has 0 unspecified atom stereocenters. The molecular formula is C24H23Cl3N2O3S. The van der Waals surface area contributed by atoms with Crippen LogP contribution in [0.15, 0.2) is 59.5 Å². The lowest BCUT2D eigenvalue weighted by Gasteiger charge is -2.23. The zero-order valence-electron chi connectivity index (χ0n) is 18.3. The summed E-state index contributed by atoms with van der Waals surface area (Å²) in [6, 6.07) is 14.6. The van der Waals surface area contributed by atoms with Gasteiger partial charge in [-0.1, -0.05) is 58.6 Å². The Labute approximate surface area is 209 Å². The number of carbonyl (C=O) groups excluding carboxylic acids is 1. The second-order valence-corrected chi connectivity index (χ2v) is 10.9. The van der Waals surface area contributed by atoms with Gasteiger partial charge >= 0.3 is 0 Å². The molecule has 3 rings (SSSR count). The molecule has 0 aliphatic rings. The van der Waals surface area contributed by atoms with Gasteiger partial charge in [-0.2, -0.15) is 4.31 Å². The van der Waals surface area contributed by atoms with Crippen LogP contribution in [0, 0.1) is 20.8 Å². The number of anilines is 1. The highest BCUT2D eigenvalue weighted by molar-refractivity contribution is 7.89. The van der Waals surface area contributed by atoms with Crippen LogP contribution in [0.25, 0.3) is 0 Å². The van der Waals surface area contributed by atoms with E-state index in [0.29, 0.717) is 26.3 Å². The highest BCUT2D eigenvalue weighted by atomic mass is 35.5. The maximum atomic E-state index is 13.5. The maximum absolute atomic E-state index is 13.5. The van der Waals surface area contributed by atoms with Crippen molar-refractivity contribution in [1.29, 1.82) is 0 Å². The van der Waals surface area contributed by atoms with Crippen LogP contribution in [-0.2, 0) is 21.4 Å². The van der Waals surface area contributed by atoms with Crippen molar-refractivity contribution in [3.8, 4) is 0 Å². The van der Waals surface area contributed by atoms with Gasteiger partial charge < -0.3 is 5.32 Å². The number of hydrogen-bond acceptors (Lipinski definition) is 3. The fraction of sp³-hybridized carbons (Fsp3) is 0.208. The highest BCUT2D eigenvalue weighted by Gasteiger charge is 2.28. The van der Waals surface area contributed by atoms with E-state index in [1.165, 1.54) is 24.3 Å². The Morgan fingerprint density at radius 2 is 1.45 bits per heavy atom. The number of halogens is 3. The predicted octanol–water partition coefficient (Wildman–Crippen LogP) is 6.40. The summed E-state index contributed by atoms with van der Waals surface area (Å²) in [5, 5.41) is 3.87. The van der Waals surface area contributed by atoms with Gasteiger partial charge in [0.15, 0.2) is 0 Å². The molecule has 0 aliphatic heterocycles. The molecule has 0 radical (unpaired) electrons. The Morgan fingerprint density at radius 3 is 2.00 bits per heavy atom. The SMILES string of the molecule is Cc1cc(C)c(NC(=O)CN(Cc2c(Cl)cccc2Cl)S(=O)(=O)c2ccc(Cl)cc2)c(C)c1. The summed E-state index contributed by atoms with van der Waals surface area (Å²) in [6.45, 7) is 5.14. The number of nitrogens with one attached hydrogen (secondary N) is 1. The van der Waals surface area contributed by atoms with Gasteiger partial charge in [-0.15, -0.1) is 0 Å². The summed E-state index contributed by atoms with van der Waals surface area (Å²) in [7, 11) is -4.07. The van der Waals surface area contributed by atoms with Crippen molar-refractivity contribution in [2.45, 2.75) is 32.2 Å². The third-order valence-corrected chi connectivity index (χ3v) is 7.88. The van der Waals surface area contributed by atoms with Crippen molar-refractivity contribution in [2.75, 3.05) is 11.9 Å². The Morgan fingerprint density at radius 1 is 0.909 bits per heavy atom. The second-order valence-electron chi connectivity index (χ2n) is 7.75. The minimum atomic E-state index is -4.07. The zero-order chi connectivity index (χ0) is 24.3. The first-order chi connectivity index (χ1) is 15.5. The molecule has 33 heavy (non-hydrogen) atoms. The van der Waals surface area contributed by atoms with E-state index < -0.39 is 22.5 Å². The summed E-state index contributed by atoms with van der Waals surface area (Å²) < 4.78 is 28.0. The summed E-state index contributed by atoms with van der Waals surface area (Å²) in [5.74, 6) is -0.481. The number of benzene rings is 3. The first kappa shape index (κ1) is 25.5. The van der Waals surface area contributed by atoms with Gasteiger partial charge in [-0.3, -0.25) is 4.79 Å². The molecular weight excluding hydrogens is 503 g/mol. The molecule has 0 bridgehead atoms. The highest BCUT2D eigenvalue weighted by Crippen LogP contribution is 2.29. The molecule has 5 nitrogen and oxygen atoms in total. The largest absolute Gasteiger partial charge is 0.324 e. The number of nitrogens with zero attached hydrogens (tertiary/aromatic N) is 1. The molecule has 0 fully saturated rings. The van der Waals surface area contributed by atoms with Gasteiger partial charge in [0.1, 0.15) is 0 Å². The van der Waals surface area contributed by atoms with E-state index in [4.69, 9.17) is 34.8 Å². The van der Waals surface area contributed by atoms with Crippen molar-refractivity contribution in [3.63, 3.8) is 0 Å². The third-order valence-electron chi connectivity index (χ3n) is 5.11. The summed E-state index contributed by atoms with van der Waals surface area (Å²) >= 11 is 18.5. The minimum Gasteiger partial charge on any atom is -0.324 e. The van der Waals surface area contributed by atoms with E-state index in [2.05, 4.69) is 5.32 Å². The van der Waals surface area contributed by atoms with Gasteiger partial charge in [0.05, 0.1) is 11.4 Å². The third kappa shape index (κ3) is 6.08. The van der Waals surface area contributed by atoms with Gasteiger partial charge in [-0.25, -0.2) is 8.42 Å². The average molecular weight is 526 g/mol. The normalized spacial score (nSPS) is 11.6. The molecule has 0 heterocycles. The van der Waals surface area contributed by atoms with Gasteiger partial charge in [0.2, 0.25) is 15.9 Å². The number of sulfonamides is 1. The lowest BCUT2D eigenvalue weighted by atomic mass is 10.1. The van der Waals surface area contributed by atoms with Crippen LogP contribution >= 0.6 is 34.8 Å². The van der Waals surface area contributed by atoms with Gasteiger partial charge in [-0.05, 0) is 68.3 Å². The lowest BCUT2D eigenvalue weighted by molar-refractivity contribution is -0.116. The van der Waals surface area contributed by atoms with Crippen molar-refractivity contribution in [3.05, 3.63) is 91.9 Å². The van der Waals surface area contributed by atoms with Crippen LogP contribution in [0.3, 0.4) is 0 Å². The molecule has 0 spiro atoms. The van der Waals surface area contributed by atoms with Crippen molar-refractivity contribution in [2.24, 2.45) is 0 Å². The van der Waals surface area contributed by atoms with E-state index in [1.807, 2.05) is 32.9 Å². The Balaban J connectivity index is 1.96.